The minimum absolute atomic E-state index is 0.509. The molecule has 0 radical (unpaired) electrons. The summed E-state index contributed by atoms with van der Waals surface area (Å²) >= 11 is 0. The third-order valence-electron chi connectivity index (χ3n) is 0.996. The lowest BCUT2D eigenvalue weighted by Crippen LogP contribution is -2.47. The number of carbonyl (C=O) groups is 2. The van der Waals surface area contributed by atoms with Crippen LogP contribution in [0.1, 0.15) is 6.92 Å². The molecule has 0 aliphatic rings. The summed E-state index contributed by atoms with van der Waals surface area (Å²) in [4.78, 5) is 22.6. The summed E-state index contributed by atoms with van der Waals surface area (Å²) in [5.41, 5.74) is 1.84. The molecule has 0 aliphatic heterocycles. The average Bonchev–Trinajstić information content (AvgIpc) is 2.11. The van der Waals surface area contributed by atoms with E-state index < -0.39 is 28.6 Å². The van der Waals surface area contributed by atoms with Gasteiger partial charge in [0.15, 0.2) is 0 Å². The normalized spacial score (nSPS) is 10.7. The third-order valence-corrected chi connectivity index (χ3v) is 1.89. The summed E-state index contributed by atoms with van der Waals surface area (Å²) < 4.78 is 27.8. The first kappa shape index (κ1) is 12.8. The van der Waals surface area contributed by atoms with Gasteiger partial charge >= 0.3 is 5.97 Å². The molecule has 0 atom stereocenters. The van der Waals surface area contributed by atoms with Crippen molar-refractivity contribution >= 4 is 22.1 Å². The van der Waals surface area contributed by atoms with Gasteiger partial charge in [0, 0.05) is 6.92 Å². The highest BCUT2D eigenvalue weighted by molar-refractivity contribution is 7.87. The lowest BCUT2D eigenvalue weighted by atomic mass is 10.7. The van der Waals surface area contributed by atoms with Gasteiger partial charge < -0.3 is 4.74 Å². The molecule has 0 heterocycles. The highest BCUT2D eigenvalue weighted by Gasteiger charge is 2.11. The Labute approximate surface area is 81.2 Å². The second-order valence-electron chi connectivity index (χ2n) is 2.18. The molecule has 0 aromatic rings. The smallest absolute Gasteiger partial charge is 0.320 e. The van der Waals surface area contributed by atoms with E-state index in [4.69, 9.17) is 0 Å². The Morgan fingerprint density at radius 1 is 1.36 bits per heavy atom. The Kier molecular flexibility index (Phi) is 5.05. The van der Waals surface area contributed by atoms with Crippen molar-refractivity contribution in [2.45, 2.75) is 6.92 Å². The van der Waals surface area contributed by atoms with E-state index in [1.807, 2.05) is 10.1 Å². The Hall–Kier alpha value is -1.19. The van der Waals surface area contributed by atoms with Crippen LogP contribution in [-0.4, -0.2) is 33.9 Å². The quantitative estimate of drug-likeness (QED) is 0.357. The first-order chi connectivity index (χ1) is 6.37. The second-order valence-corrected chi connectivity index (χ2v) is 3.68. The Bertz CT molecular complexity index is 311. The van der Waals surface area contributed by atoms with Crippen LogP contribution in [0.4, 0.5) is 0 Å². The molecule has 82 valence electrons. The number of amides is 1. The van der Waals surface area contributed by atoms with Gasteiger partial charge in [0.2, 0.25) is 5.91 Å². The SMILES string of the molecule is COC(=O)CNS(=O)(=O)NNC(C)=O. The number of rotatable bonds is 5. The van der Waals surface area contributed by atoms with E-state index >= 15 is 0 Å². The van der Waals surface area contributed by atoms with Crippen LogP contribution in [0.2, 0.25) is 0 Å². The van der Waals surface area contributed by atoms with Gasteiger partial charge in [-0.1, -0.05) is 0 Å². The Balaban J connectivity index is 3.96. The molecule has 0 aromatic heterocycles. The zero-order valence-electron chi connectivity index (χ0n) is 7.66. The number of ether oxygens (including phenoxy) is 1. The lowest BCUT2D eigenvalue weighted by Gasteiger charge is -2.06. The highest BCUT2D eigenvalue weighted by Crippen LogP contribution is 1.75. The molecule has 14 heavy (non-hydrogen) atoms. The average molecular weight is 225 g/mol. The summed E-state index contributed by atoms with van der Waals surface area (Å²) in [6.07, 6.45) is 0. The van der Waals surface area contributed by atoms with E-state index in [-0.39, 0.29) is 0 Å². The van der Waals surface area contributed by atoms with Gasteiger partial charge in [0.25, 0.3) is 10.2 Å². The minimum Gasteiger partial charge on any atom is -0.468 e. The zero-order chi connectivity index (χ0) is 11.2. The molecule has 0 bridgehead atoms. The maximum Gasteiger partial charge on any atom is 0.320 e. The molecule has 1 amide bonds. The molecule has 8 nitrogen and oxygen atoms in total. The van der Waals surface area contributed by atoms with Crippen LogP contribution in [-0.2, 0) is 24.5 Å². The van der Waals surface area contributed by atoms with Crippen molar-refractivity contribution in [3.63, 3.8) is 0 Å². The molecule has 9 heteroatoms. The first-order valence-corrected chi connectivity index (χ1v) is 4.95. The number of nitrogens with one attached hydrogen (secondary N) is 3. The van der Waals surface area contributed by atoms with E-state index in [2.05, 4.69) is 4.74 Å². The van der Waals surface area contributed by atoms with Crippen LogP contribution < -0.4 is 15.0 Å². The summed E-state index contributed by atoms with van der Waals surface area (Å²) in [7, 11) is -2.79. The minimum atomic E-state index is -3.91. The maximum atomic E-state index is 10.9. The topological polar surface area (TPSA) is 114 Å². The molecule has 0 unspecified atom stereocenters. The van der Waals surface area contributed by atoms with Gasteiger partial charge in [-0.25, -0.2) is 0 Å². The van der Waals surface area contributed by atoms with E-state index in [0.29, 0.717) is 0 Å². The molecule has 0 saturated heterocycles. The van der Waals surface area contributed by atoms with Gasteiger partial charge in [-0.2, -0.15) is 13.1 Å². The predicted molar refractivity (Wildman–Crippen MR) is 45.9 cm³/mol. The molecule has 0 rings (SSSR count). The van der Waals surface area contributed by atoms with E-state index in [1.165, 1.54) is 0 Å². The number of carbonyl (C=O) groups excluding carboxylic acids is 2. The van der Waals surface area contributed by atoms with Gasteiger partial charge in [0.1, 0.15) is 6.54 Å². The maximum absolute atomic E-state index is 10.9. The van der Waals surface area contributed by atoms with Crippen molar-refractivity contribution in [1.82, 2.24) is 15.0 Å². The van der Waals surface area contributed by atoms with Crippen molar-refractivity contribution in [3.05, 3.63) is 0 Å². The standard InChI is InChI=1S/C5H11N3O5S/c1-4(9)7-8-14(11,12)6-3-5(10)13-2/h6,8H,3H2,1-2H3,(H,7,9). The van der Waals surface area contributed by atoms with Crippen molar-refractivity contribution < 1.29 is 22.7 Å². The monoisotopic (exact) mass is 225 g/mol. The van der Waals surface area contributed by atoms with Crippen LogP contribution in [0.15, 0.2) is 0 Å². The summed E-state index contributed by atoms with van der Waals surface area (Å²) in [5.74, 6) is -1.31. The second kappa shape index (κ2) is 5.52. The summed E-state index contributed by atoms with van der Waals surface area (Å²) in [5, 5.41) is 0. The molecule has 0 saturated carbocycles. The molecule has 0 aliphatic carbocycles. The Morgan fingerprint density at radius 3 is 2.36 bits per heavy atom. The molecule has 0 spiro atoms. The molecule has 0 fully saturated rings. The third kappa shape index (κ3) is 6.34. The van der Waals surface area contributed by atoms with Gasteiger partial charge in [-0.3, -0.25) is 15.0 Å². The summed E-state index contributed by atoms with van der Waals surface area (Å²) in [6.45, 7) is 0.619. The van der Waals surface area contributed by atoms with Crippen molar-refractivity contribution in [1.29, 1.82) is 0 Å². The fraction of sp³-hybridized carbons (Fsp3) is 0.600. The Morgan fingerprint density at radius 2 is 1.93 bits per heavy atom. The zero-order valence-corrected chi connectivity index (χ0v) is 8.47. The predicted octanol–water partition coefficient (Wildman–Crippen LogP) is -2.37. The molecule has 0 aromatic carbocycles. The van der Waals surface area contributed by atoms with E-state index in [9.17, 15) is 18.0 Å². The van der Waals surface area contributed by atoms with E-state index in [0.717, 1.165) is 14.0 Å². The number of hydrogen-bond donors (Lipinski definition) is 3. The van der Waals surface area contributed by atoms with E-state index in [1.54, 1.807) is 4.83 Å². The molecular formula is C5H11N3O5S. The number of esters is 1. The van der Waals surface area contributed by atoms with Crippen molar-refractivity contribution in [2.24, 2.45) is 0 Å². The summed E-state index contributed by atoms with van der Waals surface area (Å²) in [6, 6.07) is 0. The fourth-order valence-corrected chi connectivity index (χ4v) is 1.06. The largest absolute Gasteiger partial charge is 0.468 e. The van der Waals surface area contributed by atoms with Crippen molar-refractivity contribution in [3.8, 4) is 0 Å². The van der Waals surface area contributed by atoms with Crippen LogP contribution in [0.5, 0.6) is 0 Å². The highest BCUT2D eigenvalue weighted by atomic mass is 32.2. The lowest BCUT2D eigenvalue weighted by molar-refractivity contribution is -0.139. The van der Waals surface area contributed by atoms with Crippen LogP contribution in [0.3, 0.4) is 0 Å². The van der Waals surface area contributed by atoms with Crippen LogP contribution >= 0.6 is 0 Å². The van der Waals surface area contributed by atoms with Crippen LogP contribution in [0, 0.1) is 0 Å². The van der Waals surface area contributed by atoms with Gasteiger partial charge in [-0.15, -0.1) is 4.83 Å². The van der Waals surface area contributed by atoms with Gasteiger partial charge in [-0.05, 0) is 0 Å². The van der Waals surface area contributed by atoms with Crippen molar-refractivity contribution in [2.75, 3.05) is 13.7 Å². The number of hydrogen-bond acceptors (Lipinski definition) is 5. The fourth-order valence-electron chi connectivity index (χ4n) is 0.401. The first-order valence-electron chi connectivity index (χ1n) is 3.47. The number of methoxy groups -OCH3 is 1. The number of hydrazine groups is 1. The molecule has 3 N–H and O–H groups in total. The van der Waals surface area contributed by atoms with Crippen LogP contribution in [0.25, 0.3) is 0 Å². The molecular weight excluding hydrogens is 214 g/mol. The van der Waals surface area contributed by atoms with Gasteiger partial charge in [0.05, 0.1) is 7.11 Å².